The van der Waals surface area contributed by atoms with Crippen LogP contribution < -0.4 is 5.32 Å². The van der Waals surface area contributed by atoms with Crippen LogP contribution in [0.4, 0.5) is 0 Å². The third-order valence-electron chi connectivity index (χ3n) is 4.28. The van der Waals surface area contributed by atoms with Gasteiger partial charge in [0.2, 0.25) is 5.91 Å². The molecule has 2 N–H and O–H groups in total. The predicted octanol–water partition coefficient (Wildman–Crippen LogP) is 1.68. The molecule has 1 aromatic rings. The normalized spacial score (nSPS) is 17.1. The summed E-state index contributed by atoms with van der Waals surface area (Å²) in [6.07, 6.45) is 0.607. The fraction of sp³-hybridized carbons (Fsp3) is 0.611. The lowest BCUT2D eigenvalue weighted by molar-refractivity contribution is -0.137. The molecule has 128 valence electrons. The zero-order chi connectivity index (χ0) is 17.0. The van der Waals surface area contributed by atoms with E-state index in [0.717, 1.165) is 11.1 Å². The molecule has 1 aromatic carbocycles. The number of hydrogen-bond donors (Lipinski definition) is 2. The molecular weight excluding hydrogens is 292 g/mol. The number of rotatable bonds is 4. The maximum absolute atomic E-state index is 12.6. The zero-order valence-corrected chi connectivity index (χ0v) is 14.6. The summed E-state index contributed by atoms with van der Waals surface area (Å²) in [7, 11) is 1.81. The molecule has 0 radical (unpaired) electrons. The summed E-state index contributed by atoms with van der Waals surface area (Å²) in [5.74, 6) is 0.419. The average Bonchev–Trinajstić information content (AvgIpc) is 2.53. The van der Waals surface area contributed by atoms with Crippen LogP contribution in [0.15, 0.2) is 18.2 Å². The molecule has 0 spiro atoms. The van der Waals surface area contributed by atoms with Crippen molar-refractivity contribution >= 4 is 5.91 Å². The maximum atomic E-state index is 12.6. The lowest BCUT2D eigenvalue weighted by Gasteiger charge is -2.30. The Labute approximate surface area is 138 Å². The number of aromatic hydroxyl groups is 1. The van der Waals surface area contributed by atoms with Crippen molar-refractivity contribution in [3.63, 3.8) is 0 Å². The number of amides is 1. The molecule has 1 atom stereocenters. The van der Waals surface area contributed by atoms with E-state index in [4.69, 9.17) is 4.74 Å². The highest BCUT2D eigenvalue weighted by atomic mass is 16.5. The molecule has 0 aliphatic carbocycles. The molecule has 1 fully saturated rings. The van der Waals surface area contributed by atoms with Gasteiger partial charge in [0.1, 0.15) is 5.75 Å². The zero-order valence-electron chi connectivity index (χ0n) is 14.6. The Morgan fingerprint density at radius 2 is 2.00 bits per heavy atom. The van der Waals surface area contributed by atoms with E-state index in [1.807, 2.05) is 24.1 Å². The Bertz CT molecular complexity index is 546. The molecule has 2 rings (SSSR count). The summed E-state index contributed by atoms with van der Waals surface area (Å²) in [5, 5.41) is 13.2. The first-order valence-electron chi connectivity index (χ1n) is 8.19. The first-order chi connectivity index (χ1) is 10.8. The number of ether oxygens (including phenoxy) is 1. The maximum Gasteiger partial charge on any atom is 0.240 e. The van der Waals surface area contributed by atoms with E-state index in [0.29, 0.717) is 38.5 Å². The van der Waals surface area contributed by atoms with Crippen molar-refractivity contribution in [3.05, 3.63) is 29.3 Å². The Kier molecular flexibility index (Phi) is 5.65. The molecule has 0 saturated carbocycles. The van der Waals surface area contributed by atoms with E-state index in [9.17, 15) is 9.90 Å². The molecule has 1 aliphatic rings. The third kappa shape index (κ3) is 4.45. The van der Waals surface area contributed by atoms with Gasteiger partial charge in [0, 0.05) is 13.1 Å². The molecule has 1 amide bonds. The Morgan fingerprint density at radius 3 is 2.57 bits per heavy atom. The Balaban J connectivity index is 2.13. The standard InChI is InChI=1S/C18H28N2O3/c1-18(2,3)14-11-13(5-6-16(14)21)12-15(19-4)17(22)20-7-9-23-10-8-20/h5-6,11,15,19,21H,7-10,12H2,1-4H3/t15-/m0/s1. The van der Waals surface area contributed by atoms with Gasteiger partial charge in [0.25, 0.3) is 0 Å². The van der Waals surface area contributed by atoms with Crippen molar-refractivity contribution in [2.24, 2.45) is 0 Å². The quantitative estimate of drug-likeness (QED) is 0.886. The second-order valence-electron chi connectivity index (χ2n) is 7.08. The van der Waals surface area contributed by atoms with Crippen molar-refractivity contribution in [2.75, 3.05) is 33.4 Å². The molecular formula is C18H28N2O3. The topological polar surface area (TPSA) is 61.8 Å². The van der Waals surface area contributed by atoms with E-state index < -0.39 is 0 Å². The number of morpholine rings is 1. The van der Waals surface area contributed by atoms with Gasteiger partial charge in [-0.05, 0) is 36.1 Å². The minimum absolute atomic E-state index is 0.112. The number of carbonyl (C=O) groups excluding carboxylic acids is 1. The first kappa shape index (κ1) is 17.8. The van der Waals surface area contributed by atoms with Crippen molar-refractivity contribution in [1.82, 2.24) is 10.2 Å². The van der Waals surface area contributed by atoms with Crippen molar-refractivity contribution in [1.29, 1.82) is 0 Å². The van der Waals surface area contributed by atoms with Gasteiger partial charge in [-0.25, -0.2) is 0 Å². The molecule has 0 unspecified atom stereocenters. The van der Waals surface area contributed by atoms with Crippen LogP contribution in [0.25, 0.3) is 0 Å². The summed E-state index contributed by atoms with van der Waals surface area (Å²) in [6.45, 7) is 8.73. The summed E-state index contributed by atoms with van der Waals surface area (Å²) < 4.78 is 5.31. The lowest BCUT2D eigenvalue weighted by atomic mass is 9.84. The van der Waals surface area contributed by atoms with Crippen molar-refractivity contribution in [2.45, 2.75) is 38.6 Å². The molecule has 1 saturated heterocycles. The van der Waals surface area contributed by atoms with Crippen LogP contribution in [0.5, 0.6) is 5.75 Å². The van der Waals surface area contributed by atoms with Gasteiger partial charge in [-0.3, -0.25) is 4.79 Å². The smallest absolute Gasteiger partial charge is 0.240 e. The largest absolute Gasteiger partial charge is 0.508 e. The highest BCUT2D eigenvalue weighted by Gasteiger charge is 2.25. The minimum atomic E-state index is -0.259. The molecule has 1 heterocycles. The summed E-state index contributed by atoms with van der Waals surface area (Å²) in [6, 6.07) is 5.36. The van der Waals surface area contributed by atoms with Crippen LogP contribution in [0.3, 0.4) is 0 Å². The third-order valence-corrected chi connectivity index (χ3v) is 4.28. The summed E-state index contributed by atoms with van der Waals surface area (Å²) in [5.41, 5.74) is 1.82. The number of phenols is 1. The van der Waals surface area contributed by atoms with E-state index in [1.165, 1.54) is 0 Å². The van der Waals surface area contributed by atoms with Crippen LogP contribution in [0.1, 0.15) is 31.9 Å². The van der Waals surface area contributed by atoms with Gasteiger partial charge < -0.3 is 20.1 Å². The number of nitrogens with zero attached hydrogens (tertiary/aromatic N) is 1. The van der Waals surface area contributed by atoms with Crippen LogP contribution >= 0.6 is 0 Å². The minimum Gasteiger partial charge on any atom is -0.508 e. The van der Waals surface area contributed by atoms with Gasteiger partial charge in [0.15, 0.2) is 0 Å². The van der Waals surface area contributed by atoms with Gasteiger partial charge >= 0.3 is 0 Å². The number of nitrogens with one attached hydrogen (secondary N) is 1. The van der Waals surface area contributed by atoms with Crippen molar-refractivity contribution in [3.8, 4) is 5.75 Å². The van der Waals surface area contributed by atoms with Crippen LogP contribution in [0, 0.1) is 0 Å². The van der Waals surface area contributed by atoms with Gasteiger partial charge in [-0.1, -0.05) is 32.9 Å². The fourth-order valence-corrected chi connectivity index (χ4v) is 2.86. The number of likely N-dealkylation sites (N-methyl/N-ethyl adjacent to an activating group) is 1. The van der Waals surface area contributed by atoms with Crippen LogP contribution in [-0.2, 0) is 21.4 Å². The molecule has 1 aliphatic heterocycles. The number of hydrogen-bond acceptors (Lipinski definition) is 4. The van der Waals surface area contributed by atoms with E-state index in [-0.39, 0.29) is 17.4 Å². The summed E-state index contributed by atoms with van der Waals surface area (Å²) >= 11 is 0. The molecule has 0 bridgehead atoms. The van der Waals surface area contributed by atoms with Gasteiger partial charge in [-0.15, -0.1) is 0 Å². The highest BCUT2D eigenvalue weighted by molar-refractivity contribution is 5.82. The van der Waals surface area contributed by atoms with Gasteiger partial charge in [0.05, 0.1) is 19.3 Å². The van der Waals surface area contributed by atoms with Crippen LogP contribution in [0.2, 0.25) is 0 Å². The van der Waals surface area contributed by atoms with Gasteiger partial charge in [-0.2, -0.15) is 0 Å². The fourth-order valence-electron chi connectivity index (χ4n) is 2.86. The number of phenolic OH excluding ortho intramolecular Hbond substituents is 1. The molecule has 23 heavy (non-hydrogen) atoms. The Hall–Kier alpha value is -1.59. The predicted molar refractivity (Wildman–Crippen MR) is 90.8 cm³/mol. The number of carbonyl (C=O) groups is 1. The molecule has 5 nitrogen and oxygen atoms in total. The van der Waals surface area contributed by atoms with Crippen LogP contribution in [-0.4, -0.2) is 55.3 Å². The summed E-state index contributed by atoms with van der Waals surface area (Å²) in [4.78, 5) is 14.5. The van der Waals surface area contributed by atoms with Crippen molar-refractivity contribution < 1.29 is 14.6 Å². The highest BCUT2D eigenvalue weighted by Crippen LogP contribution is 2.31. The lowest BCUT2D eigenvalue weighted by Crippen LogP contribution is -2.50. The molecule has 0 aromatic heterocycles. The average molecular weight is 320 g/mol. The SMILES string of the molecule is CN[C@@H](Cc1ccc(O)c(C(C)(C)C)c1)C(=O)N1CCOCC1. The monoisotopic (exact) mass is 320 g/mol. The second kappa shape index (κ2) is 7.32. The second-order valence-corrected chi connectivity index (χ2v) is 7.08. The molecule has 5 heteroatoms. The Morgan fingerprint density at radius 1 is 1.35 bits per heavy atom. The van der Waals surface area contributed by atoms with E-state index >= 15 is 0 Å². The van der Waals surface area contributed by atoms with E-state index in [2.05, 4.69) is 26.1 Å². The number of benzene rings is 1. The van der Waals surface area contributed by atoms with E-state index in [1.54, 1.807) is 6.07 Å². The first-order valence-corrected chi connectivity index (χ1v) is 8.19.